The van der Waals surface area contributed by atoms with E-state index in [4.69, 9.17) is 9.26 Å². The minimum absolute atomic E-state index is 0.192. The number of benzene rings is 1. The van der Waals surface area contributed by atoms with Gasteiger partial charge in [-0.25, -0.2) is 0 Å². The first kappa shape index (κ1) is 9.35. The van der Waals surface area contributed by atoms with Gasteiger partial charge in [0.2, 0.25) is 12.2 Å². The van der Waals surface area contributed by atoms with Crippen molar-refractivity contribution < 1.29 is 9.26 Å². The highest BCUT2D eigenvalue weighted by molar-refractivity contribution is 5.34. The minimum Gasteiger partial charge on any atom is -0.481 e. The number of fused-ring (bicyclic) bond motifs is 1. The summed E-state index contributed by atoms with van der Waals surface area (Å²) >= 11 is 0. The Morgan fingerprint density at radius 3 is 3.12 bits per heavy atom. The molecule has 2 aromatic rings. The van der Waals surface area contributed by atoms with Crippen LogP contribution in [-0.2, 0) is 6.54 Å². The van der Waals surface area contributed by atoms with Crippen LogP contribution in [0.15, 0.2) is 35.2 Å². The van der Waals surface area contributed by atoms with Crippen molar-refractivity contribution in [2.45, 2.75) is 12.6 Å². The van der Waals surface area contributed by atoms with Gasteiger partial charge in [-0.1, -0.05) is 23.4 Å². The summed E-state index contributed by atoms with van der Waals surface area (Å²) in [6.45, 7) is 1.47. The molecule has 0 fully saturated rings. The van der Waals surface area contributed by atoms with Crippen LogP contribution in [0.1, 0.15) is 17.5 Å². The Bertz CT molecular complexity index is 470. The van der Waals surface area contributed by atoms with E-state index in [2.05, 4.69) is 15.5 Å². The van der Waals surface area contributed by atoms with Crippen molar-refractivity contribution in [3.05, 3.63) is 42.0 Å². The molecule has 0 amide bonds. The standard InChI is InChI=1S/C11H11N3O2/c1-2-4-9-8(3-1)5-12-6-10(16-9)11-13-7-15-14-11/h1-4,7,10,12H,5-6H2. The number of hydrogen-bond acceptors (Lipinski definition) is 5. The van der Waals surface area contributed by atoms with Gasteiger partial charge in [-0.15, -0.1) is 0 Å². The van der Waals surface area contributed by atoms with Crippen LogP contribution in [0.25, 0.3) is 0 Å². The Morgan fingerprint density at radius 2 is 2.25 bits per heavy atom. The van der Waals surface area contributed by atoms with Crippen LogP contribution in [0.4, 0.5) is 0 Å². The predicted molar refractivity (Wildman–Crippen MR) is 55.8 cm³/mol. The molecule has 3 rings (SSSR count). The molecular formula is C11H11N3O2. The third-order valence-electron chi connectivity index (χ3n) is 2.55. The maximum Gasteiger partial charge on any atom is 0.213 e. The van der Waals surface area contributed by atoms with Gasteiger partial charge in [0.15, 0.2) is 6.10 Å². The van der Waals surface area contributed by atoms with Crippen molar-refractivity contribution in [1.82, 2.24) is 15.5 Å². The molecule has 5 heteroatoms. The summed E-state index contributed by atoms with van der Waals surface area (Å²) < 4.78 is 10.6. The average molecular weight is 217 g/mol. The zero-order valence-electron chi connectivity index (χ0n) is 8.59. The molecule has 1 aliphatic heterocycles. The van der Waals surface area contributed by atoms with Crippen LogP contribution in [0.2, 0.25) is 0 Å². The minimum atomic E-state index is -0.192. The number of ether oxygens (including phenoxy) is 1. The molecule has 1 aromatic heterocycles. The molecule has 0 saturated heterocycles. The van der Waals surface area contributed by atoms with E-state index in [9.17, 15) is 0 Å². The summed E-state index contributed by atoms with van der Waals surface area (Å²) in [4.78, 5) is 4.01. The number of hydrogen-bond donors (Lipinski definition) is 1. The number of aromatic nitrogens is 2. The molecule has 1 unspecified atom stereocenters. The van der Waals surface area contributed by atoms with E-state index in [0.717, 1.165) is 17.9 Å². The van der Waals surface area contributed by atoms with Gasteiger partial charge in [0.25, 0.3) is 0 Å². The van der Waals surface area contributed by atoms with E-state index in [1.807, 2.05) is 24.3 Å². The first-order chi connectivity index (χ1) is 7.93. The molecule has 1 N–H and O–H groups in total. The lowest BCUT2D eigenvalue weighted by molar-refractivity contribution is 0.195. The van der Waals surface area contributed by atoms with Gasteiger partial charge >= 0.3 is 0 Å². The highest BCUT2D eigenvalue weighted by atomic mass is 16.5. The second-order valence-corrected chi connectivity index (χ2v) is 3.63. The molecule has 0 radical (unpaired) electrons. The first-order valence-corrected chi connectivity index (χ1v) is 5.15. The van der Waals surface area contributed by atoms with Crippen molar-refractivity contribution in [2.24, 2.45) is 0 Å². The van der Waals surface area contributed by atoms with Crippen molar-refractivity contribution in [3.8, 4) is 5.75 Å². The SMILES string of the molecule is c1ccc2c(c1)CNCC(c1ncon1)O2. The van der Waals surface area contributed by atoms with Crippen LogP contribution < -0.4 is 10.1 Å². The fraction of sp³-hybridized carbons (Fsp3) is 0.273. The van der Waals surface area contributed by atoms with Gasteiger partial charge in [-0.05, 0) is 6.07 Å². The third-order valence-corrected chi connectivity index (χ3v) is 2.55. The third kappa shape index (κ3) is 1.65. The normalized spacial score (nSPS) is 19.6. The Balaban J connectivity index is 1.91. The van der Waals surface area contributed by atoms with E-state index in [1.165, 1.54) is 6.39 Å². The average Bonchev–Trinajstić information content (AvgIpc) is 2.75. The second-order valence-electron chi connectivity index (χ2n) is 3.63. The molecule has 5 nitrogen and oxygen atoms in total. The summed E-state index contributed by atoms with van der Waals surface area (Å²) in [6, 6.07) is 7.95. The lowest BCUT2D eigenvalue weighted by Gasteiger charge is -2.13. The molecular weight excluding hydrogens is 206 g/mol. The van der Waals surface area contributed by atoms with Gasteiger partial charge in [-0.2, -0.15) is 4.98 Å². The van der Waals surface area contributed by atoms with Crippen LogP contribution in [0, 0.1) is 0 Å². The maximum absolute atomic E-state index is 5.85. The maximum atomic E-state index is 5.85. The van der Waals surface area contributed by atoms with Gasteiger partial charge in [0, 0.05) is 18.7 Å². The van der Waals surface area contributed by atoms with Crippen molar-refractivity contribution in [1.29, 1.82) is 0 Å². The number of nitrogens with one attached hydrogen (secondary N) is 1. The summed E-state index contributed by atoms with van der Waals surface area (Å²) in [7, 11) is 0. The molecule has 1 atom stereocenters. The van der Waals surface area contributed by atoms with E-state index in [-0.39, 0.29) is 6.10 Å². The second kappa shape index (κ2) is 3.94. The Hall–Kier alpha value is -1.88. The molecule has 0 saturated carbocycles. The van der Waals surface area contributed by atoms with E-state index < -0.39 is 0 Å². The molecule has 2 heterocycles. The smallest absolute Gasteiger partial charge is 0.213 e. The van der Waals surface area contributed by atoms with Crippen molar-refractivity contribution >= 4 is 0 Å². The first-order valence-electron chi connectivity index (χ1n) is 5.15. The van der Waals surface area contributed by atoms with Gasteiger partial charge in [-0.3, -0.25) is 0 Å². The fourth-order valence-electron chi connectivity index (χ4n) is 1.76. The largest absolute Gasteiger partial charge is 0.481 e. The molecule has 16 heavy (non-hydrogen) atoms. The van der Waals surface area contributed by atoms with Gasteiger partial charge in [0.05, 0.1) is 0 Å². The fourth-order valence-corrected chi connectivity index (χ4v) is 1.76. The Labute approximate surface area is 92.4 Å². The van der Waals surface area contributed by atoms with Crippen LogP contribution >= 0.6 is 0 Å². The van der Waals surface area contributed by atoms with E-state index in [0.29, 0.717) is 12.4 Å². The van der Waals surface area contributed by atoms with Crippen molar-refractivity contribution in [2.75, 3.05) is 6.54 Å². The Morgan fingerprint density at radius 1 is 1.31 bits per heavy atom. The molecule has 0 bridgehead atoms. The van der Waals surface area contributed by atoms with Crippen LogP contribution in [0.5, 0.6) is 5.75 Å². The summed E-state index contributed by atoms with van der Waals surface area (Å²) in [6.07, 6.45) is 1.12. The van der Waals surface area contributed by atoms with Gasteiger partial charge in [0.1, 0.15) is 5.75 Å². The zero-order valence-corrected chi connectivity index (χ0v) is 8.59. The number of nitrogens with zero attached hydrogens (tertiary/aromatic N) is 2. The monoisotopic (exact) mass is 217 g/mol. The summed E-state index contributed by atoms with van der Waals surface area (Å²) in [5, 5.41) is 7.10. The van der Waals surface area contributed by atoms with Gasteiger partial charge < -0.3 is 14.6 Å². The zero-order chi connectivity index (χ0) is 10.8. The van der Waals surface area contributed by atoms with E-state index in [1.54, 1.807) is 0 Å². The molecule has 0 spiro atoms. The molecule has 82 valence electrons. The van der Waals surface area contributed by atoms with Crippen molar-refractivity contribution in [3.63, 3.8) is 0 Å². The Kier molecular flexibility index (Phi) is 2.30. The highest BCUT2D eigenvalue weighted by Gasteiger charge is 2.21. The number of para-hydroxylation sites is 1. The summed E-state index contributed by atoms with van der Waals surface area (Å²) in [5.41, 5.74) is 1.15. The molecule has 0 aliphatic carbocycles. The molecule has 1 aromatic carbocycles. The lowest BCUT2D eigenvalue weighted by atomic mass is 10.2. The predicted octanol–water partition coefficient (Wildman–Crippen LogP) is 1.29. The quantitative estimate of drug-likeness (QED) is 0.780. The molecule has 1 aliphatic rings. The van der Waals surface area contributed by atoms with Crippen LogP contribution in [0.3, 0.4) is 0 Å². The lowest BCUT2D eigenvalue weighted by Crippen LogP contribution is -2.22. The number of rotatable bonds is 1. The topological polar surface area (TPSA) is 60.2 Å². The summed E-state index contributed by atoms with van der Waals surface area (Å²) in [5.74, 6) is 1.45. The highest BCUT2D eigenvalue weighted by Crippen LogP contribution is 2.26. The van der Waals surface area contributed by atoms with Crippen LogP contribution in [-0.4, -0.2) is 16.7 Å². The van der Waals surface area contributed by atoms with E-state index >= 15 is 0 Å².